The highest BCUT2D eigenvalue weighted by Gasteiger charge is 2.03. The Balaban J connectivity index is 3.17. The van der Waals surface area contributed by atoms with E-state index in [1.807, 2.05) is 13.8 Å². The molecule has 0 unspecified atom stereocenters. The fourth-order valence-corrected chi connectivity index (χ4v) is 1.18. The first kappa shape index (κ1) is 10.1. The molecule has 0 aliphatic carbocycles. The second kappa shape index (κ2) is 3.79. The number of H-pyrrole nitrogens is 1. The second-order valence-corrected chi connectivity index (χ2v) is 3.69. The molecule has 0 aliphatic rings. The van der Waals surface area contributed by atoms with Gasteiger partial charge in [-0.3, -0.25) is 14.3 Å². The van der Waals surface area contributed by atoms with Gasteiger partial charge in [-0.05, 0) is 5.92 Å². The number of nitrogens with zero attached hydrogens (tertiary/aromatic N) is 1. The molecule has 0 bridgehead atoms. The van der Waals surface area contributed by atoms with Crippen LogP contribution in [0.2, 0.25) is 5.02 Å². The Labute approximate surface area is 80.2 Å². The van der Waals surface area contributed by atoms with Crippen LogP contribution in [0.4, 0.5) is 0 Å². The van der Waals surface area contributed by atoms with Crippen molar-refractivity contribution in [2.24, 2.45) is 5.92 Å². The van der Waals surface area contributed by atoms with Crippen molar-refractivity contribution in [2.45, 2.75) is 20.4 Å². The van der Waals surface area contributed by atoms with Crippen LogP contribution in [-0.4, -0.2) is 9.55 Å². The molecule has 0 saturated heterocycles. The van der Waals surface area contributed by atoms with E-state index < -0.39 is 11.2 Å². The molecule has 1 N–H and O–H groups in total. The summed E-state index contributed by atoms with van der Waals surface area (Å²) >= 11 is 5.57. The van der Waals surface area contributed by atoms with Crippen molar-refractivity contribution in [3.05, 3.63) is 32.1 Å². The Morgan fingerprint density at radius 3 is 2.69 bits per heavy atom. The molecular weight excluding hydrogens is 192 g/mol. The first-order chi connectivity index (χ1) is 6.00. The quantitative estimate of drug-likeness (QED) is 0.773. The Kier molecular flexibility index (Phi) is 2.93. The lowest BCUT2D eigenvalue weighted by molar-refractivity contribution is 0.502. The molecule has 0 aliphatic heterocycles. The average Bonchev–Trinajstić information content (AvgIpc) is 1.99. The maximum atomic E-state index is 11.2. The van der Waals surface area contributed by atoms with Crippen LogP contribution in [-0.2, 0) is 6.54 Å². The molecule has 13 heavy (non-hydrogen) atoms. The maximum Gasteiger partial charge on any atom is 0.328 e. The van der Waals surface area contributed by atoms with Crippen molar-refractivity contribution in [3.63, 3.8) is 0 Å². The maximum absolute atomic E-state index is 11.2. The van der Waals surface area contributed by atoms with E-state index in [2.05, 4.69) is 4.98 Å². The minimum absolute atomic E-state index is 0.0419. The summed E-state index contributed by atoms with van der Waals surface area (Å²) in [7, 11) is 0. The number of halogens is 1. The number of nitrogens with one attached hydrogen (secondary N) is 1. The molecule has 72 valence electrons. The topological polar surface area (TPSA) is 54.9 Å². The number of aromatic amines is 1. The smallest absolute Gasteiger partial charge is 0.299 e. The molecular formula is C8H11ClN2O2. The predicted molar refractivity (Wildman–Crippen MR) is 51.2 cm³/mol. The van der Waals surface area contributed by atoms with Crippen LogP contribution in [0.1, 0.15) is 13.8 Å². The fraction of sp³-hybridized carbons (Fsp3) is 0.500. The monoisotopic (exact) mass is 202 g/mol. The van der Waals surface area contributed by atoms with Gasteiger partial charge in [-0.2, -0.15) is 0 Å². The van der Waals surface area contributed by atoms with Crippen LogP contribution in [0.5, 0.6) is 0 Å². The van der Waals surface area contributed by atoms with E-state index in [-0.39, 0.29) is 5.02 Å². The highest BCUT2D eigenvalue weighted by molar-refractivity contribution is 6.30. The van der Waals surface area contributed by atoms with Crippen LogP contribution < -0.4 is 11.2 Å². The van der Waals surface area contributed by atoms with Gasteiger partial charge < -0.3 is 0 Å². The highest BCUT2D eigenvalue weighted by Crippen LogP contribution is 1.99. The lowest BCUT2D eigenvalue weighted by Crippen LogP contribution is -2.30. The number of hydrogen-bond donors (Lipinski definition) is 1. The Bertz CT molecular complexity index is 405. The molecule has 0 fully saturated rings. The molecule has 0 atom stereocenters. The highest BCUT2D eigenvalue weighted by atomic mass is 35.5. The lowest BCUT2D eigenvalue weighted by atomic mass is 10.2. The summed E-state index contributed by atoms with van der Waals surface area (Å²) in [6, 6.07) is 0. The van der Waals surface area contributed by atoms with Crippen LogP contribution in [0, 0.1) is 5.92 Å². The number of rotatable bonds is 2. The molecule has 0 spiro atoms. The molecule has 1 heterocycles. The Hall–Kier alpha value is -1.03. The van der Waals surface area contributed by atoms with Gasteiger partial charge in [0.25, 0.3) is 5.56 Å². The third kappa shape index (κ3) is 2.45. The van der Waals surface area contributed by atoms with Gasteiger partial charge in [-0.15, -0.1) is 0 Å². The van der Waals surface area contributed by atoms with Crippen molar-refractivity contribution in [3.8, 4) is 0 Å². The standard InChI is InChI=1S/C8H11ClN2O2/c1-5(2)3-11-4-6(9)7(12)10-8(11)13/h4-5H,3H2,1-2H3,(H,10,12,13). The summed E-state index contributed by atoms with van der Waals surface area (Å²) in [5.74, 6) is 0.333. The summed E-state index contributed by atoms with van der Waals surface area (Å²) < 4.78 is 1.40. The van der Waals surface area contributed by atoms with E-state index in [0.717, 1.165) is 0 Å². The third-order valence-electron chi connectivity index (χ3n) is 1.53. The minimum atomic E-state index is -0.535. The SMILES string of the molecule is CC(C)Cn1cc(Cl)c(=O)[nH]c1=O. The van der Waals surface area contributed by atoms with E-state index in [9.17, 15) is 9.59 Å². The summed E-state index contributed by atoms with van der Waals surface area (Å²) in [5, 5.41) is 0.0419. The zero-order valence-electron chi connectivity index (χ0n) is 7.50. The van der Waals surface area contributed by atoms with E-state index in [0.29, 0.717) is 12.5 Å². The molecule has 0 radical (unpaired) electrons. The first-order valence-corrected chi connectivity index (χ1v) is 4.37. The molecule has 1 rings (SSSR count). The summed E-state index contributed by atoms with van der Waals surface area (Å²) in [6.07, 6.45) is 1.36. The average molecular weight is 203 g/mol. The van der Waals surface area contributed by atoms with Crippen molar-refractivity contribution in [2.75, 3.05) is 0 Å². The first-order valence-electron chi connectivity index (χ1n) is 4.00. The van der Waals surface area contributed by atoms with Crippen LogP contribution in [0.3, 0.4) is 0 Å². The second-order valence-electron chi connectivity index (χ2n) is 3.28. The molecule has 0 amide bonds. The van der Waals surface area contributed by atoms with Gasteiger partial charge in [-0.1, -0.05) is 25.4 Å². The summed E-state index contributed by atoms with van der Waals surface area (Å²) in [4.78, 5) is 24.2. The normalized spacial score (nSPS) is 10.8. The van der Waals surface area contributed by atoms with Crippen molar-refractivity contribution in [1.29, 1.82) is 0 Å². The van der Waals surface area contributed by atoms with Crippen LogP contribution >= 0.6 is 11.6 Å². The van der Waals surface area contributed by atoms with Crippen LogP contribution in [0.25, 0.3) is 0 Å². The summed E-state index contributed by atoms with van der Waals surface area (Å²) in [5.41, 5.74) is -0.949. The number of aromatic nitrogens is 2. The van der Waals surface area contributed by atoms with E-state index in [1.54, 1.807) is 0 Å². The van der Waals surface area contributed by atoms with Crippen LogP contribution in [0.15, 0.2) is 15.8 Å². The van der Waals surface area contributed by atoms with Gasteiger partial charge in [0.2, 0.25) is 0 Å². The van der Waals surface area contributed by atoms with E-state index >= 15 is 0 Å². The Morgan fingerprint density at radius 2 is 2.15 bits per heavy atom. The van der Waals surface area contributed by atoms with Gasteiger partial charge in [0.1, 0.15) is 5.02 Å². The van der Waals surface area contributed by atoms with Gasteiger partial charge in [0.15, 0.2) is 0 Å². The van der Waals surface area contributed by atoms with Gasteiger partial charge in [0, 0.05) is 12.7 Å². The molecule has 1 aromatic heterocycles. The van der Waals surface area contributed by atoms with Crippen molar-refractivity contribution < 1.29 is 0 Å². The molecule has 0 saturated carbocycles. The predicted octanol–water partition coefficient (Wildman–Crippen LogP) is 0.846. The molecule has 0 aromatic carbocycles. The Morgan fingerprint density at radius 1 is 1.54 bits per heavy atom. The molecule has 4 nitrogen and oxygen atoms in total. The molecule has 1 aromatic rings. The number of hydrogen-bond acceptors (Lipinski definition) is 2. The molecule has 5 heteroatoms. The van der Waals surface area contributed by atoms with Gasteiger partial charge in [-0.25, -0.2) is 4.79 Å². The largest absolute Gasteiger partial charge is 0.328 e. The van der Waals surface area contributed by atoms with Crippen molar-refractivity contribution in [1.82, 2.24) is 9.55 Å². The fourth-order valence-electron chi connectivity index (χ4n) is 1.01. The zero-order valence-corrected chi connectivity index (χ0v) is 8.26. The van der Waals surface area contributed by atoms with Gasteiger partial charge in [0.05, 0.1) is 0 Å². The van der Waals surface area contributed by atoms with Crippen molar-refractivity contribution >= 4 is 11.6 Å². The summed E-state index contributed by atoms with van der Waals surface area (Å²) in [6.45, 7) is 4.51. The minimum Gasteiger partial charge on any atom is -0.299 e. The lowest BCUT2D eigenvalue weighted by Gasteiger charge is -2.07. The van der Waals surface area contributed by atoms with Gasteiger partial charge >= 0.3 is 5.69 Å². The van der Waals surface area contributed by atoms with E-state index in [1.165, 1.54) is 10.8 Å². The van der Waals surface area contributed by atoms with E-state index in [4.69, 9.17) is 11.6 Å². The third-order valence-corrected chi connectivity index (χ3v) is 1.80. The zero-order chi connectivity index (χ0) is 10.0.